The van der Waals surface area contributed by atoms with E-state index in [1.54, 1.807) is 0 Å². The fourth-order valence-electron chi connectivity index (χ4n) is 2.65. The SMILES string of the molecule is NCC(c1cc(Cl)ccc1Br)N1CCCCCC1. The van der Waals surface area contributed by atoms with Crippen LogP contribution in [0.15, 0.2) is 22.7 Å². The van der Waals surface area contributed by atoms with Gasteiger partial charge in [0.15, 0.2) is 0 Å². The Morgan fingerprint density at radius 1 is 1.22 bits per heavy atom. The van der Waals surface area contributed by atoms with E-state index in [0.29, 0.717) is 6.54 Å². The van der Waals surface area contributed by atoms with E-state index >= 15 is 0 Å². The minimum atomic E-state index is 0.274. The molecule has 100 valence electrons. The van der Waals surface area contributed by atoms with Crippen LogP contribution in [0.4, 0.5) is 0 Å². The zero-order chi connectivity index (χ0) is 13.0. The molecule has 4 heteroatoms. The lowest BCUT2D eigenvalue weighted by molar-refractivity contribution is 0.209. The standard InChI is InChI=1S/C14H20BrClN2/c15-13-6-5-11(16)9-12(13)14(10-17)18-7-3-1-2-4-8-18/h5-6,9,14H,1-4,7-8,10,17H2. The van der Waals surface area contributed by atoms with E-state index < -0.39 is 0 Å². The third kappa shape index (κ3) is 3.47. The molecular weight excluding hydrogens is 312 g/mol. The molecule has 0 aliphatic carbocycles. The summed E-state index contributed by atoms with van der Waals surface area (Å²) in [5.41, 5.74) is 7.21. The summed E-state index contributed by atoms with van der Waals surface area (Å²) in [6, 6.07) is 6.23. The molecule has 0 radical (unpaired) electrons. The van der Waals surface area contributed by atoms with Crippen LogP contribution in [0.3, 0.4) is 0 Å². The van der Waals surface area contributed by atoms with E-state index in [0.717, 1.165) is 22.6 Å². The molecular formula is C14H20BrClN2. The van der Waals surface area contributed by atoms with E-state index in [4.69, 9.17) is 17.3 Å². The Morgan fingerprint density at radius 2 is 1.89 bits per heavy atom. The normalized spacial score (nSPS) is 19.5. The summed E-state index contributed by atoms with van der Waals surface area (Å²) in [5, 5.41) is 0.779. The third-order valence-corrected chi connectivity index (χ3v) is 4.58. The zero-order valence-electron chi connectivity index (χ0n) is 10.5. The Bertz CT molecular complexity index is 389. The molecule has 1 heterocycles. The first-order valence-electron chi connectivity index (χ1n) is 6.61. The van der Waals surface area contributed by atoms with Gasteiger partial charge in [0.2, 0.25) is 0 Å². The number of hydrogen-bond acceptors (Lipinski definition) is 2. The predicted molar refractivity (Wildman–Crippen MR) is 81.0 cm³/mol. The van der Waals surface area contributed by atoms with Gasteiger partial charge in [-0.1, -0.05) is 40.4 Å². The van der Waals surface area contributed by atoms with E-state index in [2.05, 4.69) is 20.8 Å². The lowest BCUT2D eigenvalue weighted by atomic mass is 10.1. The summed E-state index contributed by atoms with van der Waals surface area (Å²) < 4.78 is 1.10. The summed E-state index contributed by atoms with van der Waals surface area (Å²) in [6.07, 6.45) is 5.22. The van der Waals surface area contributed by atoms with Crippen molar-refractivity contribution in [3.63, 3.8) is 0 Å². The second kappa shape index (κ2) is 6.90. The number of rotatable bonds is 3. The molecule has 1 unspecified atom stereocenters. The van der Waals surface area contributed by atoms with Crippen molar-refractivity contribution in [2.75, 3.05) is 19.6 Å². The molecule has 1 aromatic rings. The third-order valence-electron chi connectivity index (χ3n) is 3.62. The van der Waals surface area contributed by atoms with E-state index in [1.165, 1.54) is 31.2 Å². The smallest absolute Gasteiger partial charge is 0.0482 e. The van der Waals surface area contributed by atoms with Crippen LogP contribution in [-0.2, 0) is 0 Å². The molecule has 1 aliphatic rings. The van der Waals surface area contributed by atoms with Crippen molar-refractivity contribution in [3.8, 4) is 0 Å². The van der Waals surface area contributed by atoms with Crippen LogP contribution in [0.25, 0.3) is 0 Å². The summed E-state index contributed by atoms with van der Waals surface area (Å²) in [5.74, 6) is 0. The zero-order valence-corrected chi connectivity index (χ0v) is 12.9. The summed E-state index contributed by atoms with van der Waals surface area (Å²) >= 11 is 9.73. The average Bonchev–Trinajstić information content (AvgIpc) is 2.64. The number of nitrogens with two attached hydrogens (primary N) is 1. The van der Waals surface area contributed by atoms with Gasteiger partial charge in [-0.15, -0.1) is 0 Å². The number of halogens is 2. The molecule has 0 spiro atoms. The number of nitrogens with zero attached hydrogens (tertiary/aromatic N) is 1. The van der Waals surface area contributed by atoms with Crippen LogP contribution in [0.1, 0.15) is 37.3 Å². The molecule has 1 aromatic carbocycles. The monoisotopic (exact) mass is 330 g/mol. The maximum atomic E-state index is 6.11. The van der Waals surface area contributed by atoms with E-state index in [9.17, 15) is 0 Å². The van der Waals surface area contributed by atoms with Crippen LogP contribution in [0, 0.1) is 0 Å². The van der Waals surface area contributed by atoms with Gasteiger partial charge < -0.3 is 5.73 Å². The van der Waals surface area contributed by atoms with Crippen molar-refractivity contribution in [1.82, 2.24) is 4.90 Å². The van der Waals surface area contributed by atoms with E-state index in [1.807, 2.05) is 18.2 Å². The molecule has 0 saturated carbocycles. The van der Waals surface area contributed by atoms with Crippen molar-refractivity contribution in [2.45, 2.75) is 31.7 Å². The van der Waals surface area contributed by atoms with Gasteiger partial charge in [-0.2, -0.15) is 0 Å². The molecule has 2 nitrogen and oxygen atoms in total. The van der Waals surface area contributed by atoms with Crippen LogP contribution in [0.2, 0.25) is 5.02 Å². The van der Waals surface area contributed by atoms with Crippen LogP contribution < -0.4 is 5.73 Å². The van der Waals surface area contributed by atoms with Gasteiger partial charge in [0.25, 0.3) is 0 Å². The highest BCUT2D eigenvalue weighted by molar-refractivity contribution is 9.10. The first kappa shape index (κ1) is 14.3. The maximum Gasteiger partial charge on any atom is 0.0482 e. The topological polar surface area (TPSA) is 29.3 Å². The fraction of sp³-hybridized carbons (Fsp3) is 0.571. The number of hydrogen-bond donors (Lipinski definition) is 1. The summed E-state index contributed by atoms with van der Waals surface area (Å²) in [6.45, 7) is 2.92. The Kier molecular flexibility index (Phi) is 5.49. The second-order valence-electron chi connectivity index (χ2n) is 4.87. The molecule has 18 heavy (non-hydrogen) atoms. The van der Waals surface area contributed by atoms with Crippen molar-refractivity contribution < 1.29 is 0 Å². The minimum absolute atomic E-state index is 0.274. The Hall–Kier alpha value is -0.0900. The van der Waals surface area contributed by atoms with E-state index in [-0.39, 0.29) is 6.04 Å². The van der Waals surface area contributed by atoms with Crippen molar-refractivity contribution in [2.24, 2.45) is 5.73 Å². The number of benzene rings is 1. The first-order valence-corrected chi connectivity index (χ1v) is 7.78. The molecule has 0 amide bonds. The van der Waals surface area contributed by atoms with Crippen LogP contribution >= 0.6 is 27.5 Å². The molecule has 2 N–H and O–H groups in total. The fourth-order valence-corrected chi connectivity index (χ4v) is 3.34. The van der Waals surface area contributed by atoms with Gasteiger partial charge in [-0.25, -0.2) is 0 Å². The van der Waals surface area contributed by atoms with Crippen molar-refractivity contribution >= 4 is 27.5 Å². The van der Waals surface area contributed by atoms with Gasteiger partial charge in [-0.3, -0.25) is 4.90 Å². The number of likely N-dealkylation sites (tertiary alicyclic amines) is 1. The lowest BCUT2D eigenvalue weighted by Gasteiger charge is -2.30. The summed E-state index contributed by atoms with van der Waals surface area (Å²) in [4.78, 5) is 2.50. The Morgan fingerprint density at radius 3 is 2.50 bits per heavy atom. The quantitative estimate of drug-likeness (QED) is 0.908. The van der Waals surface area contributed by atoms with Crippen molar-refractivity contribution in [3.05, 3.63) is 33.3 Å². The minimum Gasteiger partial charge on any atom is -0.329 e. The van der Waals surface area contributed by atoms with Crippen LogP contribution in [0.5, 0.6) is 0 Å². The molecule has 1 atom stereocenters. The molecule has 0 aromatic heterocycles. The highest BCUT2D eigenvalue weighted by atomic mass is 79.9. The largest absolute Gasteiger partial charge is 0.329 e. The first-order chi connectivity index (χ1) is 8.72. The predicted octanol–water partition coefficient (Wildman–Crippen LogP) is 3.98. The molecule has 0 bridgehead atoms. The van der Waals surface area contributed by atoms with Gasteiger partial charge in [0.05, 0.1) is 0 Å². The Labute approximate surface area is 123 Å². The maximum absolute atomic E-state index is 6.11. The Balaban J connectivity index is 2.23. The van der Waals surface area contributed by atoms with Gasteiger partial charge in [0, 0.05) is 22.1 Å². The van der Waals surface area contributed by atoms with Gasteiger partial charge in [-0.05, 0) is 49.7 Å². The van der Waals surface area contributed by atoms with Crippen LogP contribution in [-0.4, -0.2) is 24.5 Å². The molecule has 1 saturated heterocycles. The summed E-state index contributed by atoms with van der Waals surface area (Å²) in [7, 11) is 0. The highest BCUT2D eigenvalue weighted by Gasteiger charge is 2.22. The van der Waals surface area contributed by atoms with Crippen molar-refractivity contribution in [1.29, 1.82) is 0 Å². The van der Waals surface area contributed by atoms with Gasteiger partial charge >= 0.3 is 0 Å². The highest BCUT2D eigenvalue weighted by Crippen LogP contribution is 2.31. The molecule has 1 aliphatic heterocycles. The van der Waals surface area contributed by atoms with Gasteiger partial charge in [0.1, 0.15) is 0 Å². The lowest BCUT2D eigenvalue weighted by Crippen LogP contribution is -2.34. The molecule has 2 rings (SSSR count). The molecule has 1 fully saturated rings. The average molecular weight is 332 g/mol. The second-order valence-corrected chi connectivity index (χ2v) is 6.16.